The number of nitrogens with zero attached hydrogens (tertiary/aromatic N) is 1. The van der Waals surface area contributed by atoms with Gasteiger partial charge in [-0.1, -0.05) is 25.8 Å². The highest BCUT2D eigenvalue weighted by Crippen LogP contribution is 2.39. The van der Waals surface area contributed by atoms with E-state index in [1.165, 1.54) is 49.7 Å². The van der Waals surface area contributed by atoms with Crippen LogP contribution in [0.3, 0.4) is 0 Å². The molecule has 2 aliphatic rings. The molecule has 0 aromatic heterocycles. The fourth-order valence-corrected chi connectivity index (χ4v) is 4.06. The smallest absolute Gasteiger partial charge is 0.0353 e. The Morgan fingerprint density at radius 2 is 2.05 bits per heavy atom. The zero-order chi connectivity index (χ0) is 13.4. The van der Waals surface area contributed by atoms with Gasteiger partial charge in [0.1, 0.15) is 0 Å². The molecule has 1 saturated carbocycles. The first-order valence-electron chi connectivity index (χ1n) is 7.75. The zero-order valence-corrected chi connectivity index (χ0v) is 12.2. The molecule has 0 spiro atoms. The third-order valence-corrected chi connectivity index (χ3v) is 5.19. The lowest BCUT2D eigenvalue weighted by atomic mass is 9.85. The topological polar surface area (TPSA) is 29.3 Å². The van der Waals surface area contributed by atoms with E-state index in [1.807, 2.05) is 0 Å². The second-order valence-electron chi connectivity index (χ2n) is 6.60. The van der Waals surface area contributed by atoms with E-state index in [0.29, 0.717) is 6.04 Å². The van der Waals surface area contributed by atoms with Crippen molar-refractivity contribution in [2.75, 3.05) is 12.8 Å². The Morgan fingerprint density at radius 3 is 2.84 bits per heavy atom. The number of nitrogens with two attached hydrogens (primary N) is 1. The fourth-order valence-electron chi connectivity index (χ4n) is 4.06. The number of rotatable bonds is 2. The monoisotopic (exact) mass is 258 g/mol. The molecule has 0 heterocycles. The Hall–Kier alpha value is -1.02. The minimum atomic E-state index is 0.617. The second kappa shape index (κ2) is 5.16. The van der Waals surface area contributed by atoms with Gasteiger partial charge in [0, 0.05) is 17.8 Å². The summed E-state index contributed by atoms with van der Waals surface area (Å²) in [5.41, 5.74) is 9.81. The Balaban J connectivity index is 1.77. The van der Waals surface area contributed by atoms with Crippen LogP contribution in [0.1, 0.15) is 56.2 Å². The van der Waals surface area contributed by atoms with E-state index < -0.39 is 0 Å². The standard InChI is InChI=1S/C17H26N2/c1-12-4-3-5-15(10-12)19(2)17-9-6-13-11-14(18)7-8-16(13)17/h7-8,11-12,15,17H,3-6,9-10,18H2,1-2H3. The summed E-state index contributed by atoms with van der Waals surface area (Å²) in [7, 11) is 2.33. The lowest BCUT2D eigenvalue weighted by molar-refractivity contribution is 0.118. The Bertz CT molecular complexity index is 455. The third-order valence-electron chi connectivity index (χ3n) is 5.19. The van der Waals surface area contributed by atoms with E-state index in [9.17, 15) is 0 Å². The molecule has 3 unspecified atom stereocenters. The second-order valence-corrected chi connectivity index (χ2v) is 6.60. The van der Waals surface area contributed by atoms with Gasteiger partial charge >= 0.3 is 0 Å². The Labute approximate surface area is 117 Å². The van der Waals surface area contributed by atoms with Crippen molar-refractivity contribution in [3.05, 3.63) is 29.3 Å². The molecule has 3 rings (SSSR count). The molecule has 2 heteroatoms. The van der Waals surface area contributed by atoms with Gasteiger partial charge in [-0.25, -0.2) is 0 Å². The van der Waals surface area contributed by atoms with Crippen LogP contribution in [0.15, 0.2) is 18.2 Å². The average Bonchev–Trinajstić information content (AvgIpc) is 2.80. The lowest BCUT2D eigenvalue weighted by Gasteiger charge is -2.38. The van der Waals surface area contributed by atoms with Crippen LogP contribution in [0.5, 0.6) is 0 Å². The van der Waals surface area contributed by atoms with Crippen LogP contribution in [0.2, 0.25) is 0 Å². The molecule has 2 nitrogen and oxygen atoms in total. The van der Waals surface area contributed by atoms with Gasteiger partial charge in [0.25, 0.3) is 0 Å². The summed E-state index contributed by atoms with van der Waals surface area (Å²) in [5, 5.41) is 0. The number of hydrogen-bond donors (Lipinski definition) is 1. The van der Waals surface area contributed by atoms with E-state index in [4.69, 9.17) is 5.73 Å². The maximum absolute atomic E-state index is 5.90. The molecule has 104 valence electrons. The van der Waals surface area contributed by atoms with Gasteiger partial charge in [-0.3, -0.25) is 4.90 Å². The van der Waals surface area contributed by atoms with Crippen molar-refractivity contribution in [3.8, 4) is 0 Å². The molecule has 2 N–H and O–H groups in total. The summed E-state index contributed by atoms with van der Waals surface area (Å²) < 4.78 is 0. The van der Waals surface area contributed by atoms with Crippen molar-refractivity contribution >= 4 is 5.69 Å². The summed E-state index contributed by atoms with van der Waals surface area (Å²) in [6.07, 6.45) is 8.02. The van der Waals surface area contributed by atoms with Crippen molar-refractivity contribution in [2.45, 2.75) is 57.5 Å². The SMILES string of the molecule is CC1CCCC(N(C)C2CCc3cc(N)ccc32)C1. The molecule has 0 amide bonds. The van der Waals surface area contributed by atoms with Gasteiger partial charge in [-0.2, -0.15) is 0 Å². The molecule has 1 aromatic carbocycles. The summed E-state index contributed by atoms with van der Waals surface area (Å²) in [6.45, 7) is 2.41. The van der Waals surface area contributed by atoms with Gasteiger partial charge in [0.2, 0.25) is 0 Å². The first kappa shape index (κ1) is 13.0. The number of anilines is 1. The first-order valence-corrected chi connectivity index (χ1v) is 7.75. The Kier molecular flexibility index (Phi) is 3.53. The largest absolute Gasteiger partial charge is 0.399 e. The maximum atomic E-state index is 5.90. The summed E-state index contributed by atoms with van der Waals surface area (Å²) in [4.78, 5) is 2.65. The molecule has 0 saturated heterocycles. The van der Waals surface area contributed by atoms with E-state index >= 15 is 0 Å². The van der Waals surface area contributed by atoms with Crippen molar-refractivity contribution < 1.29 is 0 Å². The average molecular weight is 258 g/mol. The predicted molar refractivity (Wildman–Crippen MR) is 81.1 cm³/mol. The van der Waals surface area contributed by atoms with Gasteiger partial charge in [0.05, 0.1) is 0 Å². The lowest BCUT2D eigenvalue weighted by Crippen LogP contribution is -2.37. The molecule has 1 fully saturated rings. The molecule has 2 aliphatic carbocycles. The van der Waals surface area contributed by atoms with Gasteiger partial charge < -0.3 is 5.73 Å². The molecular weight excluding hydrogens is 232 g/mol. The molecule has 1 aromatic rings. The zero-order valence-electron chi connectivity index (χ0n) is 12.2. The number of nitrogen functional groups attached to an aromatic ring is 1. The number of fused-ring (bicyclic) bond motifs is 1. The third kappa shape index (κ3) is 2.51. The summed E-state index contributed by atoms with van der Waals surface area (Å²) in [5.74, 6) is 0.897. The van der Waals surface area contributed by atoms with Crippen LogP contribution in [0.25, 0.3) is 0 Å². The fraction of sp³-hybridized carbons (Fsp3) is 0.647. The van der Waals surface area contributed by atoms with Crippen LogP contribution >= 0.6 is 0 Å². The molecule has 0 aliphatic heterocycles. The molecule has 0 bridgehead atoms. The highest BCUT2D eigenvalue weighted by Gasteiger charge is 2.31. The van der Waals surface area contributed by atoms with E-state index in [2.05, 4.69) is 37.1 Å². The van der Waals surface area contributed by atoms with E-state index in [0.717, 1.165) is 17.6 Å². The van der Waals surface area contributed by atoms with Crippen molar-refractivity contribution in [1.29, 1.82) is 0 Å². The maximum Gasteiger partial charge on any atom is 0.0353 e. The molecule has 19 heavy (non-hydrogen) atoms. The van der Waals surface area contributed by atoms with Crippen LogP contribution in [0, 0.1) is 5.92 Å². The highest BCUT2D eigenvalue weighted by molar-refractivity contribution is 5.47. The van der Waals surface area contributed by atoms with Gasteiger partial charge in [0.15, 0.2) is 0 Å². The van der Waals surface area contributed by atoms with Crippen LogP contribution < -0.4 is 5.73 Å². The van der Waals surface area contributed by atoms with E-state index in [-0.39, 0.29) is 0 Å². The molecule has 0 radical (unpaired) electrons. The van der Waals surface area contributed by atoms with E-state index in [1.54, 1.807) is 0 Å². The molecular formula is C17H26N2. The Morgan fingerprint density at radius 1 is 1.21 bits per heavy atom. The quantitative estimate of drug-likeness (QED) is 0.818. The minimum Gasteiger partial charge on any atom is -0.399 e. The van der Waals surface area contributed by atoms with Crippen molar-refractivity contribution in [1.82, 2.24) is 4.90 Å². The predicted octanol–water partition coefficient (Wildman–Crippen LogP) is 3.77. The van der Waals surface area contributed by atoms with Crippen LogP contribution in [0.4, 0.5) is 5.69 Å². The number of benzene rings is 1. The van der Waals surface area contributed by atoms with Crippen molar-refractivity contribution in [2.24, 2.45) is 5.92 Å². The van der Waals surface area contributed by atoms with Crippen LogP contribution in [-0.4, -0.2) is 18.0 Å². The number of aryl methyl sites for hydroxylation is 1. The normalized spacial score (nSPS) is 30.6. The summed E-state index contributed by atoms with van der Waals surface area (Å²) >= 11 is 0. The van der Waals surface area contributed by atoms with Gasteiger partial charge in [-0.05, 0) is 61.9 Å². The van der Waals surface area contributed by atoms with Crippen molar-refractivity contribution in [3.63, 3.8) is 0 Å². The minimum absolute atomic E-state index is 0.617. The summed E-state index contributed by atoms with van der Waals surface area (Å²) in [6, 6.07) is 7.88. The number of hydrogen-bond acceptors (Lipinski definition) is 2. The van der Waals surface area contributed by atoms with Gasteiger partial charge in [-0.15, -0.1) is 0 Å². The highest BCUT2D eigenvalue weighted by atomic mass is 15.2. The van der Waals surface area contributed by atoms with Crippen LogP contribution in [-0.2, 0) is 6.42 Å². The first-order chi connectivity index (χ1) is 9.15. The molecule has 3 atom stereocenters.